The number of carbonyl (C=O) groups is 1. The lowest BCUT2D eigenvalue weighted by Crippen LogP contribution is -2.32. The predicted molar refractivity (Wildman–Crippen MR) is 112 cm³/mol. The number of hydrogen-bond donors (Lipinski definition) is 2. The molecule has 1 fully saturated rings. The second-order valence-corrected chi connectivity index (χ2v) is 9.41. The van der Waals surface area contributed by atoms with E-state index in [1.54, 1.807) is 24.3 Å². The van der Waals surface area contributed by atoms with E-state index in [1.165, 1.54) is 22.5 Å². The van der Waals surface area contributed by atoms with E-state index >= 15 is 0 Å². The maximum atomic E-state index is 13.1. The molecule has 0 aliphatic carbocycles. The van der Waals surface area contributed by atoms with Gasteiger partial charge in [-0.2, -0.15) is 4.31 Å². The number of aliphatic hydroxyl groups excluding tert-OH is 1. The van der Waals surface area contributed by atoms with Gasteiger partial charge in [-0.3, -0.25) is 4.79 Å². The normalized spacial score (nSPS) is 16.8. The van der Waals surface area contributed by atoms with Gasteiger partial charge in [-0.25, -0.2) is 8.42 Å². The van der Waals surface area contributed by atoms with Crippen LogP contribution in [0.15, 0.2) is 53.4 Å². The van der Waals surface area contributed by atoms with Crippen LogP contribution in [0.3, 0.4) is 0 Å². The molecule has 0 saturated carbocycles. The molecule has 0 aromatic heterocycles. The molecule has 156 valence electrons. The fraction of sp³-hybridized carbons (Fsp3) is 0.381. The third-order valence-corrected chi connectivity index (χ3v) is 7.40. The van der Waals surface area contributed by atoms with Gasteiger partial charge in [-0.05, 0) is 36.6 Å². The summed E-state index contributed by atoms with van der Waals surface area (Å²) in [5.41, 5.74) is 0.872. The fourth-order valence-corrected chi connectivity index (χ4v) is 5.37. The van der Waals surface area contributed by atoms with Gasteiger partial charge >= 0.3 is 0 Å². The fourth-order valence-electron chi connectivity index (χ4n) is 3.35. The average Bonchev–Trinajstić information content (AvgIpc) is 3.03. The van der Waals surface area contributed by atoms with Crippen LogP contribution in [-0.4, -0.2) is 43.4 Å². The summed E-state index contributed by atoms with van der Waals surface area (Å²) in [5.74, 6) is -0.469. The van der Waals surface area contributed by atoms with Gasteiger partial charge in [0.05, 0.1) is 11.1 Å². The zero-order valence-electron chi connectivity index (χ0n) is 16.1. The average molecular weight is 437 g/mol. The second kappa shape index (κ2) is 9.71. The van der Waals surface area contributed by atoms with E-state index in [9.17, 15) is 18.3 Å². The van der Waals surface area contributed by atoms with Gasteiger partial charge in [-0.1, -0.05) is 54.8 Å². The van der Waals surface area contributed by atoms with Gasteiger partial charge in [-0.15, -0.1) is 0 Å². The highest BCUT2D eigenvalue weighted by molar-refractivity contribution is 7.89. The topological polar surface area (TPSA) is 86.7 Å². The summed E-state index contributed by atoms with van der Waals surface area (Å²) in [6.45, 7) is 0.927. The first-order valence-electron chi connectivity index (χ1n) is 9.70. The van der Waals surface area contributed by atoms with E-state index in [1.807, 2.05) is 6.07 Å². The molecular weight excluding hydrogens is 412 g/mol. The van der Waals surface area contributed by atoms with Crippen molar-refractivity contribution < 1.29 is 18.3 Å². The third-order valence-electron chi connectivity index (χ3n) is 5.02. The van der Waals surface area contributed by atoms with E-state index in [2.05, 4.69) is 5.32 Å². The standard InChI is InChI=1S/C21H25ClN2O4S/c22-18-11-10-17(21(26)23-15-19(25)16-8-4-3-5-9-16)14-20(18)29(27,28)24-12-6-1-2-7-13-24/h3-5,8-11,14,19,25H,1-2,6-7,12-13,15H2,(H,23,26). The summed E-state index contributed by atoms with van der Waals surface area (Å²) in [7, 11) is -3.77. The number of hydrogen-bond acceptors (Lipinski definition) is 4. The van der Waals surface area contributed by atoms with Crippen LogP contribution in [0.4, 0.5) is 0 Å². The van der Waals surface area contributed by atoms with E-state index in [4.69, 9.17) is 11.6 Å². The minimum Gasteiger partial charge on any atom is -0.387 e. The van der Waals surface area contributed by atoms with Crippen molar-refractivity contribution in [2.45, 2.75) is 36.7 Å². The van der Waals surface area contributed by atoms with E-state index in [0.29, 0.717) is 18.7 Å². The molecule has 1 aliphatic heterocycles. The van der Waals surface area contributed by atoms with Crippen LogP contribution >= 0.6 is 11.6 Å². The molecule has 1 amide bonds. The van der Waals surface area contributed by atoms with Crippen LogP contribution in [0.1, 0.15) is 47.7 Å². The number of benzene rings is 2. The second-order valence-electron chi connectivity index (χ2n) is 7.10. The molecular formula is C21H25ClN2O4S. The van der Waals surface area contributed by atoms with Crippen molar-refractivity contribution in [3.05, 3.63) is 64.7 Å². The first kappa shape index (κ1) is 21.8. The minimum atomic E-state index is -3.77. The Kier molecular flexibility index (Phi) is 7.29. The maximum absolute atomic E-state index is 13.1. The Bertz CT molecular complexity index is 942. The highest BCUT2D eigenvalue weighted by Gasteiger charge is 2.28. The molecule has 2 aromatic carbocycles. The Morgan fingerprint density at radius 2 is 1.72 bits per heavy atom. The number of carbonyl (C=O) groups excluding carboxylic acids is 1. The zero-order chi connectivity index (χ0) is 20.9. The molecule has 2 N–H and O–H groups in total. The summed E-state index contributed by atoms with van der Waals surface area (Å²) >= 11 is 6.18. The van der Waals surface area contributed by atoms with Crippen molar-refractivity contribution in [2.75, 3.05) is 19.6 Å². The third kappa shape index (κ3) is 5.36. The number of rotatable bonds is 6. The first-order chi connectivity index (χ1) is 13.9. The van der Waals surface area contributed by atoms with Crippen LogP contribution in [-0.2, 0) is 10.0 Å². The molecule has 29 heavy (non-hydrogen) atoms. The smallest absolute Gasteiger partial charge is 0.251 e. The molecule has 0 bridgehead atoms. The number of aliphatic hydroxyl groups is 1. The van der Waals surface area contributed by atoms with Crippen molar-refractivity contribution in [3.63, 3.8) is 0 Å². The SMILES string of the molecule is O=C(NCC(O)c1ccccc1)c1ccc(Cl)c(S(=O)(=O)N2CCCCCC2)c1. The highest BCUT2D eigenvalue weighted by Crippen LogP contribution is 2.27. The van der Waals surface area contributed by atoms with Gasteiger partial charge in [0.1, 0.15) is 4.90 Å². The molecule has 6 nitrogen and oxygen atoms in total. The Balaban J connectivity index is 1.75. The van der Waals surface area contributed by atoms with Gasteiger partial charge in [0.15, 0.2) is 0 Å². The number of nitrogens with zero attached hydrogens (tertiary/aromatic N) is 1. The van der Waals surface area contributed by atoms with Crippen LogP contribution in [0.5, 0.6) is 0 Å². The molecule has 1 atom stereocenters. The largest absolute Gasteiger partial charge is 0.387 e. The number of halogens is 1. The summed E-state index contributed by atoms with van der Waals surface area (Å²) < 4.78 is 27.6. The Morgan fingerprint density at radius 3 is 2.38 bits per heavy atom. The van der Waals surface area contributed by atoms with Crippen molar-refractivity contribution in [2.24, 2.45) is 0 Å². The lowest BCUT2D eigenvalue weighted by atomic mass is 10.1. The number of sulfonamides is 1. The van der Waals surface area contributed by atoms with Crippen molar-refractivity contribution >= 4 is 27.5 Å². The molecule has 3 rings (SSSR count). The highest BCUT2D eigenvalue weighted by atomic mass is 35.5. The quantitative estimate of drug-likeness (QED) is 0.726. The van der Waals surface area contributed by atoms with Crippen molar-refractivity contribution in [1.29, 1.82) is 0 Å². The van der Waals surface area contributed by atoms with Crippen molar-refractivity contribution in [3.8, 4) is 0 Å². The summed E-state index contributed by atoms with van der Waals surface area (Å²) in [6.07, 6.45) is 2.79. The van der Waals surface area contributed by atoms with Crippen LogP contribution in [0.25, 0.3) is 0 Å². The summed E-state index contributed by atoms with van der Waals surface area (Å²) in [5, 5.41) is 12.9. The van der Waals surface area contributed by atoms with Gasteiger partial charge in [0, 0.05) is 25.2 Å². The zero-order valence-corrected chi connectivity index (χ0v) is 17.6. The number of nitrogens with one attached hydrogen (secondary N) is 1. The lowest BCUT2D eigenvalue weighted by molar-refractivity contribution is 0.0916. The van der Waals surface area contributed by atoms with Crippen molar-refractivity contribution in [1.82, 2.24) is 9.62 Å². The maximum Gasteiger partial charge on any atom is 0.251 e. The monoisotopic (exact) mass is 436 g/mol. The van der Waals surface area contributed by atoms with Gasteiger partial charge in [0.2, 0.25) is 10.0 Å². The van der Waals surface area contributed by atoms with Crippen LogP contribution in [0.2, 0.25) is 5.02 Å². The molecule has 1 saturated heterocycles. The molecule has 1 heterocycles. The van der Waals surface area contributed by atoms with Gasteiger partial charge in [0.25, 0.3) is 5.91 Å². The molecule has 8 heteroatoms. The van der Waals surface area contributed by atoms with Crippen LogP contribution < -0.4 is 5.32 Å². The minimum absolute atomic E-state index is 0.0136. The number of amides is 1. The van der Waals surface area contributed by atoms with E-state index < -0.39 is 22.0 Å². The van der Waals surface area contributed by atoms with E-state index in [0.717, 1.165) is 25.7 Å². The predicted octanol–water partition coefficient (Wildman–Crippen LogP) is 3.37. The molecule has 0 radical (unpaired) electrons. The van der Waals surface area contributed by atoms with E-state index in [-0.39, 0.29) is 22.0 Å². The summed E-state index contributed by atoms with van der Waals surface area (Å²) in [6, 6.07) is 13.2. The molecule has 1 unspecified atom stereocenters. The summed E-state index contributed by atoms with van der Waals surface area (Å²) in [4.78, 5) is 12.5. The molecule has 1 aliphatic rings. The van der Waals surface area contributed by atoms with Gasteiger partial charge < -0.3 is 10.4 Å². The lowest BCUT2D eigenvalue weighted by Gasteiger charge is -2.21. The Labute approximate surface area is 176 Å². The molecule has 0 spiro atoms. The van der Waals surface area contributed by atoms with Crippen LogP contribution in [0, 0.1) is 0 Å². The first-order valence-corrected chi connectivity index (χ1v) is 11.5. The Hall–Kier alpha value is -1.93. The Morgan fingerprint density at radius 1 is 1.07 bits per heavy atom. The molecule has 2 aromatic rings.